The molecule has 0 aromatic heterocycles. The SMILES string of the molecule is COc1ccc2c(c1)C(NC(=O)CN1C(=O)CN(C)C1=O)CC(C)(C)O2. The number of nitrogens with one attached hydrogen (secondary N) is 1. The number of carbonyl (C=O) groups is 3. The van der Waals surface area contributed by atoms with Crippen molar-refractivity contribution < 1.29 is 23.9 Å². The first-order valence-electron chi connectivity index (χ1n) is 8.42. The maximum absolute atomic E-state index is 12.5. The second-order valence-electron chi connectivity index (χ2n) is 7.21. The smallest absolute Gasteiger partial charge is 0.327 e. The number of ether oxygens (including phenoxy) is 2. The van der Waals surface area contributed by atoms with Crippen LogP contribution in [0.15, 0.2) is 18.2 Å². The minimum absolute atomic E-state index is 0.00353. The van der Waals surface area contributed by atoms with Gasteiger partial charge in [0.1, 0.15) is 30.2 Å². The zero-order valence-corrected chi connectivity index (χ0v) is 15.4. The molecule has 1 aromatic carbocycles. The second kappa shape index (κ2) is 6.51. The first kappa shape index (κ1) is 18.0. The monoisotopic (exact) mass is 361 g/mol. The van der Waals surface area contributed by atoms with Crippen molar-refractivity contribution in [2.75, 3.05) is 27.2 Å². The van der Waals surface area contributed by atoms with Gasteiger partial charge in [-0.05, 0) is 32.0 Å². The van der Waals surface area contributed by atoms with E-state index >= 15 is 0 Å². The number of hydrogen-bond donors (Lipinski definition) is 1. The first-order chi connectivity index (χ1) is 12.2. The van der Waals surface area contributed by atoms with Gasteiger partial charge in [0, 0.05) is 19.0 Å². The van der Waals surface area contributed by atoms with Crippen molar-refractivity contribution in [2.45, 2.75) is 31.9 Å². The van der Waals surface area contributed by atoms with E-state index in [0.29, 0.717) is 17.9 Å². The van der Waals surface area contributed by atoms with Crippen molar-refractivity contribution in [3.8, 4) is 11.5 Å². The summed E-state index contributed by atoms with van der Waals surface area (Å²) in [6, 6.07) is 4.68. The van der Waals surface area contributed by atoms with Gasteiger partial charge in [0.15, 0.2) is 0 Å². The maximum Gasteiger partial charge on any atom is 0.327 e. The zero-order valence-electron chi connectivity index (χ0n) is 15.4. The Morgan fingerprint density at radius 1 is 1.38 bits per heavy atom. The molecule has 2 aliphatic rings. The summed E-state index contributed by atoms with van der Waals surface area (Å²) in [5, 5.41) is 2.93. The van der Waals surface area contributed by atoms with E-state index < -0.39 is 17.5 Å². The summed E-state index contributed by atoms with van der Waals surface area (Å²) in [6.07, 6.45) is 0.556. The van der Waals surface area contributed by atoms with Crippen molar-refractivity contribution in [3.05, 3.63) is 23.8 Å². The molecule has 0 bridgehead atoms. The maximum atomic E-state index is 12.5. The molecule has 0 saturated carbocycles. The number of nitrogens with zero attached hydrogens (tertiary/aromatic N) is 2. The van der Waals surface area contributed by atoms with Crippen LogP contribution in [0.25, 0.3) is 0 Å². The van der Waals surface area contributed by atoms with Crippen molar-refractivity contribution in [1.29, 1.82) is 0 Å². The van der Waals surface area contributed by atoms with E-state index in [1.54, 1.807) is 13.2 Å². The van der Waals surface area contributed by atoms with Crippen LogP contribution in [0.5, 0.6) is 11.5 Å². The van der Waals surface area contributed by atoms with E-state index in [1.165, 1.54) is 11.9 Å². The lowest BCUT2D eigenvalue weighted by molar-refractivity contribution is -0.131. The molecule has 1 fully saturated rings. The van der Waals surface area contributed by atoms with E-state index in [1.807, 2.05) is 26.0 Å². The summed E-state index contributed by atoms with van der Waals surface area (Å²) < 4.78 is 11.2. The normalized spacial score (nSPS) is 21.3. The molecule has 8 heteroatoms. The molecule has 3 rings (SSSR count). The minimum Gasteiger partial charge on any atom is -0.497 e. The molecule has 8 nitrogen and oxygen atoms in total. The van der Waals surface area contributed by atoms with Gasteiger partial charge in [-0.25, -0.2) is 4.79 Å². The van der Waals surface area contributed by atoms with Gasteiger partial charge >= 0.3 is 6.03 Å². The summed E-state index contributed by atoms with van der Waals surface area (Å²) in [5.41, 5.74) is 0.354. The summed E-state index contributed by atoms with van der Waals surface area (Å²) in [6.45, 7) is 3.60. The van der Waals surface area contributed by atoms with Gasteiger partial charge in [0.2, 0.25) is 5.91 Å². The lowest BCUT2D eigenvalue weighted by Crippen LogP contribution is -2.45. The highest BCUT2D eigenvalue weighted by molar-refractivity contribution is 6.04. The van der Waals surface area contributed by atoms with Gasteiger partial charge in [-0.15, -0.1) is 0 Å². The third kappa shape index (κ3) is 3.44. The predicted molar refractivity (Wildman–Crippen MR) is 92.9 cm³/mol. The molecule has 4 amide bonds. The Morgan fingerprint density at radius 2 is 2.12 bits per heavy atom. The Balaban J connectivity index is 1.77. The molecule has 26 heavy (non-hydrogen) atoms. The number of methoxy groups -OCH3 is 1. The van der Waals surface area contributed by atoms with Crippen LogP contribution in [0.4, 0.5) is 4.79 Å². The van der Waals surface area contributed by atoms with E-state index in [-0.39, 0.29) is 25.0 Å². The van der Waals surface area contributed by atoms with Crippen LogP contribution in [0.2, 0.25) is 0 Å². The summed E-state index contributed by atoms with van der Waals surface area (Å²) in [7, 11) is 3.10. The zero-order chi connectivity index (χ0) is 19.1. The highest BCUT2D eigenvalue weighted by Crippen LogP contribution is 2.41. The molecule has 0 aliphatic carbocycles. The molecular weight excluding hydrogens is 338 g/mol. The van der Waals surface area contributed by atoms with Crippen LogP contribution < -0.4 is 14.8 Å². The van der Waals surface area contributed by atoms with Crippen LogP contribution in [-0.4, -0.2) is 60.5 Å². The summed E-state index contributed by atoms with van der Waals surface area (Å²) in [5.74, 6) is 0.582. The standard InChI is InChI=1S/C18H23N3O5/c1-18(2)8-13(12-7-11(25-4)5-6-14(12)26-18)19-15(22)9-21-16(23)10-20(3)17(21)24/h5-7,13H,8-10H2,1-4H3,(H,19,22). The molecule has 2 heterocycles. The number of fused-ring (bicyclic) bond motifs is 1. The lowest BCUT2D eigenvalue weighted by atomic mass is 9.89. The molecular formula is C18H23N3O5. The Labute approximate surface area is 152 Å². The van der Waals surface area contributed by atoms with E-state index in [2.05, 4.69) is 5.32 Å². The van der Waals surface area contributed by atoms with Gasteiger partial charge in [0.25, 0.3) is 5.91 Å². The van der Waals surface area contributed by atoms with Crippen LogP contribution in [0.3, 0.4) is 0 Å². The van der Waals surface area contributed by atoms with Crippen LogP contribution >= 0.6 is 0 Å². The molecule has 0 radical (unpaired) electrons. The lowest BCUT2D eigenvalue weighted by Gasteiger charge is -2.38. The number of likely N-dealkylation sites (N-methyl/N-ethyl adjacent to an activating group) is 1. The number of imide groups is 1. The average molecular weight is 361 g/mol. The molecule has 1 unspecified atom stereocenters. The Morgan fingerprint density at radius 3 is 2.73 bits per heavy atom. The number of amides is 4. The summed E-state index contributed by atoms with van der Waals surface area (Å²) in [4.78, 5) is 38.5. The predicted octanol–water partition coefficient (Wildman–Crippen LogP) is 1.31. The Bertz CT molecular complexity index is 761. The van der Waals surface area contributed by atoms with E-state index in [0.717, 1.165) is 10.5 Å². The molecule has 1 saturated heterocycles. The van der Waals surface area contributed by atoms with E-state index in [9.17, 15) is 14.4 Å². The fraction of sp³-hybridized carbons (Fsp3) is 0.500. The van der Waals surface area contributed by atoms with Crippen LogP contribution in [-0.2, 0) is 9.59 Å². The number of hydrogen-bond acceptors (Lipinski definition) is 5. The van der Waals surface area contributed by atoms with Gasteiger partial charge in [-0.1, -0.05) is 0 Å². The van der Waals surface area contributed by atoms with Gasteiger partial charge < -0.3 is 19.7 Å². The number of carbonyl (C=O) groups excluding carboxylic acids is 3. The molecule has 0 spiro atoms. The molecule has 1 aromatic rings. The third-order valence-corrected chi connectivity index (χ3v) is 4.54. The number of urea groups is 1. The van der Waals surface area contributed by atoms with Crippen molar-refractivity contribution >= 4 is 17.8 Å². The highest BCUT2D eigenvalue weighted by Gasteiger charge is 2.37. The number of rotatable bonds is 4. The van der Waals surface area contributed by atoms with Crippen LogP contribution in [0, 0.1) is 0 Å². The van der Waals surface area contributed by atoms with E-state index in [4.69, 9.17) is 9.47 Å². The Kier molecular flexibility index (Phi) is 4.52. The van der Waals surface area contributed by atoms with Crippen molar-refractivity contribution in [2.24, 2.45) is 0 Å². The largest absolute Gasteiger partial charge is 0.497 e. The van der Waals surface area contributed by atoms with Crippen molar-refractivity contribution in [1.82, 2.24) is 15.1 Å². The minimum atomic E-state index is -0.459. The first-order valence-corrected chi connectivity index (χ1v) is 8.42. The van der Waals surface area contributed by atoms with Gasteiger partial charge in [0.05, 0.1) is 13.2 Å². The Hall–Kier alpha value is -2.77. The van der Waals surface area contributed by atoms with Gasteiger partial charge in [-0.3, -0.25) is 14.5 Å². The van der Waals surface area contributed by atoms with Crippen molar-refractivity contribution in [3.63, 3.8) is 0 Å². The fourth-order valence-electron chi connectivity index (χ4n) is 3.30. The van der Waals surface area contributed by atoms with Gasteiger partial charge in [-0.2, -0.15) is 0 Å². The van der Waals surface area contributed by atoms with Crippen LogP contribution in [0.1, 0.15) is 31.9 Å². The molecule has 1 atom stereocenters. The number of benzene rings is 1. The third-order valence-electron chi connectivity index (χ3n) is 4.54. The molecule has 2 aliphatic heterocycles. The topological polar surface area (TPSA) is 88.2 Å². The fourth-order valence-corrected chi connectivity index (χ4v) is 3.30. The quantitative estimate of drug-likeness (QED) is 0.817. The average Bonchev–Trinajstić information content (AvgIpc) is 2.80. The molecule has 1 N–H and O–H groups in total. The second-order valence-corrected chi connectivity index (χ2v) is 7.21. The summed E-state index contributed by atoms with van der Waals surface area (Å²) >= 11 is 0. The molecule has 140 valence electrons. The highest BCUT2D eigenvalue weighted by atomic mass is 16.5.